The number of nitrogens with one attached hydrogen (secondary N) is 1. The van der Waals surface area contributed by atoms with Gasteiger partial charge >= 0.3 is 0 Å². The van der Waals surface area contributed by atoms with E-state index in [1.54, 1.807) is 67.6 Å². The molecule has 1 heterocycles. The summed E-state index contributed by atoms with van der Waals surface area (Å²) in [7, 11) is -4.23. The van der Waals surface area contributed by atoms with Crippen molar-refractivity contribution in [2.45, 2.75) is 30.4 Å². The zero-order valence-electron chi connectivity index (χ0n) is 23.4. The number of hydrogen-bond donors (Lipinski definition) is 1. The van der Waals surface area contributed by atoms with E-state index in [1.807, 2.05) is 0 Å². The molecule has 0 radical (unpaired) electrons. The number of nitro benzene ring substituents is 2. The zero-order chi connectivity index (χ0) is 32.5. The molecule has 0 unspecified atom stereocenters. The molecule has 0 aliphatic carbocycles. The summed E-state index contributed by atoms with van der Waals surface area (Å²) in [6, 6.07) is 22.0. The molecular formula is C30H24ClN5O8S. The molecule has 4 aromatic rings. The van der Waals surface area contributed by atoms with Crippen LogP contribution in [0.1, 0.15) is 33.2 Å². The van der Waals surface area contributed by atoms with Crippen molar-refractivity contribution in [3.63, 3.8) is 0 Å². The van der Waals surface area contributed by atoms with Crippen LogP contribution >= 0.6 is 11.6 Å². The van der Waals surface area contributed by atoms with Gasteiger partial charge in [-0.2, -0.15) is 4.72 Å². The molecule has 4 aromatic carbocycles. The lowest BCUT2D eigenvalue weighted by Gasteiger charge is -2.19. The van der Waals surface area contributed by atoms with Gasteiger partial charge in [-0.3, -0.25) is 29.8 Å². The van der Waals surface area contributed by atoms with Gasteiger partial charge in [-0.1, -0.05) is 77.8 Å². The number of hydrazine groups is 1. The number of amides is 2. The van der Waals surface area contributed by atoms with Crippen molar-refractivity contribution in [1.29, 1.82) is 0 Å². The molecular weight excluding hydrogens is 626 g/mol. The molecule has 0 aromatic heterocycles. The number of hydrogen-bond acceptors (Lipinski definition) is 8. The van der Waals surface area contributed by atoms with Crippen LogP contribution in [0.2, 0.25) is 5.02 Å². The van der Waals surface area contributed by atoms with E-state index in [4.69, 9.17) is 11.6 Å². The summed E-state index contributed by atoms with van der Waals surface area (Å²) in [5.41, 5.74) is -0.0774. The van der Waals surface area contributed by atoms with Crippen molar-refractivity contribution in [3.8, 4) is 0 Å². The SMILES string of the molecule is Cc1ccc(S(=O)(=O)N[C@H](Cc2ccccc2)C(=O)N2[C@H](c3ccccc3Cl)N2C(=O)c2cc([N+](=O)[O-])cc([N+](=O)[O-])c2)cc1. The van der Waals surface area contributed by atoms with Crippen LogP contribution in [-0.2, 0) is 21.2 Å². The fourth-order valence-corrected chi connectivity index (χ4v) is 6.20. The molecule has 0 spiro atoms. The molecule has 45 heavy (non-hydrogen) atoms. The molecule has 2 atom stereocenters. The molecule has 230 valence electrons. The van der Waals surface area contributed by atoms with Crippen LogP contribution in [0, 0.1) is 27.2 Å². The van der Waals surface area contributed by atoms with E-state index in [0.29, 0.717) is 17.2 Å². The molecule has 13 nitrogen and oxygen atoms in total. The Hall–Kier alpha value is -5.18. The highest BCUT2D eigenvalue weighted by Crippen LogP contribution is 2.46. The number of nitro groups is 2. The van der Waals surface area contributed by atoms with E-state index in [2.05, 4.69) is 4.72 Å². The molecule has 1 saturated heterocycles. The van der Waals surface area contributed by atoms with Crippen LogP contribution < -0.4 is 4.72 Å². The first-order chi connectivity index (χ1) is 21.4. The Morgan fingerprint density at radius 2 is 1.44 bits per heavy atom. The molecule has 1 aliphatic rings. The van der Waals surface area contributed by atoms with Gasteiger partial charge in [0, 0.05) is 22.7 Å². The summed E-state index contributed by atoms with van der Waals surface area (Å²) in [5.74, 6) is -1.80. The van der Waals surface area contributed by atoms with Gasteiger partial charge in [0.05, 0.1) is 26.4 Å². The first-order valence-corrected chi connectivity index (χ1v) is 15.2. The summed E-state index contributed by atoms with van der Waals surface area (Å²) in [4.78, 5) is 49.1. The van der Waals surface area contributed by atoms with Gasteiger partial charge in [0.15, 0.2) is 6.17 Å². The fourth-order valence-electron chi connectivity index (χ4n) is 4.78. The summed E-state index contributed by atoms with van der Waals surface area (Å²) >= 11 is 6.42. The predicted octanol–water partition coefficient (Wildman–Crippen LogP) is 4.95. The molecule has 0 bridgehead atoms. The van der Waals surface area contributed by atoms with Crippen molar-refractivity contribution < 1.29 is 27.9 Å². The number of halogens is 1. The Morgan fingerprint density at radius 1 is 0.867 bits per heavy atom. The topological polar surface area (TPSA) is 173 Å². The van der Waals surface area contributed by atoms with Crippen molar-refractivity contribution in [2.24, 2.45) is 0 Å². The van der Waals surface area contributed by atoms with Gasteiger partial charge in [0.25, 0.3) is 23.2 Å². The van der Waals surface area contributed by atoms with Crippen LogP contribution in [0.5, 0.6) is 0 Å². The summed E-state index contributed by atoms with van der Waals surface area (Å²) in [6.07, 6.45) is -1.24. The lowest BCUT2D eigenvalue weighted by Crippen LogP contribution is -2.46. The number of carbonyl (C=O) groups excluding carboxylic acids is 2. The van der Waals surface area contributed by atoms with Crippen LogP contribution in [0.25, 0.3) is 0 Å². The highest BCUT2D eigenvalue weighted by atomic mass is 35.5. The molecule has 1 aliphatic heterocycles. The van der Waals surface area contributed by atoms with Crippen LogP contribution in [0.15, 0.2) is 102 Å². The lowest BCUT2D eigenvalue weighted by atomic mass is 10.1. The summed E-state index contributed by atoms with van der Waals surface area (Å²) in [6.45, 7) is 1.79. The van der Waals surface area contributed by atoms with Gasteiger partial charge in [-0.15, -0.1) is 0 Å². The molecule has 0 saturated carbocycles. The number of carbonyl (C=O) groups is 2. The first-order valence-electron chi connectivity index (χ1n) is 13.3. The zero-order valence-corrected chi connectivity index (χ0v) is 25.0. The minimum absolute atomic E-state index is 0.0794. The molecule has 1 fully saturated rings. The standard InChI is InChI=1S/C30H24ClN5O8S/c1-19-11-13-24(14-12-19)45(43,44)32-27(15-20-7-3-2-4-8-20)30(38)34-28(25-9-5-6-10-26(25)31)33(34)29(37)21-16-22(35(39)40)18-23(17-21)36(41)42/h2-14,16-18,27-28,32H,15H2,1H3/t27-,28-,33?,34?/m1/s1. The van der Waals surface area contributed by atoms with Crippen LogP contribution in [0.4, 0.5) is 11.4 Å². The molecule has 5 rings (SSSR count). The van der Waals surface area contributed by atoms with E-state index in [9.17, 15) is 38.2 Å². The first kappa shape index (κ1) is 31.3. The second-order valence-electron chi connectivity index (χ2n) is 10.2. The van der Waals surface area contributed by atoms with Gasteiger partial charge in [0.1, 0.15) is 6.04 Å². The third-order valence-electron chi connectivity index (χ3n) is 7.04. The fraction of sp³-hybridized carbons (Fsp3) is 0.133. The Balaban J connectivity index is 1.56. The Kier molecular flexibility index (Phi) is 8.64. The maximum absolute atomic E-state index is 14.2. The van der Waals surface area contributed by atoms with Gasteiger partial charge in [0.2, 0.25) is 10.0 Å². The van der Waals surface area contributed by atoms with E-state index >= 15 is 0 Å². The van der Waals surface area contributed by atoms with Crippen LogP contribution in [0.3, 0.4) is 0 Å². The molecule has 2 amide bonds. The van der Waals surface area contributed by atoms with E-state index in [1.165, 1.54) is 18.2 Å². The highest BCUT2D eigenvalue weighted by molar-refractivity contribution is 7.89. The maximum Gasteiger partial charge on any atom is 0.277 e. The summed E-state index contributed by atoms with van der Waals surface area (Å²) in [5, 5.41) is 25.1. The van der Waals surface area contributed by atoms with Crippen molar-refractivity contribution in [2.75, 3.05) is 0 Å². The number of sulfonamides is 1. The van der Waals surface area contributed by atoms with Gasteiger partial charge in [-0.05, 0) is 37.1 Å². The molecule has 15 heteroatoms. The summed E-state index contributed by atoms with van der Waals surface area (Å²) < 4.78 is 29.3. The normalized spacial score (nSPS) is 14.9. The second-order valence-corrected chi connectivity index (χ2v) is 12.3. The van der Waals surface area contributed by atoms with Gasteiger partial charge in [-0.25, -0.2) is 18.4 Å². The van der Waals surface area contributed by atoms with Crippen molar-refractivity contribution in [1.82, 2.24) is 14.7 Å². The average molecular weight is 650 g/mol. The maximum atomic E-state index is 14.2. The number of non-ortho nitro benzene ring substituents is 2. The van der Waals surface area contributed by atoms with Crippen molar-refractivity contribution >= 4 is 44.8 Å². The monoisotopic (exact) mass is 649 g/mol. The number of aryl methyl sites for hydroxylation is 1. The van der Waals surface area contributed by atoms with Crippen LogP contribution in [-0.4, -0.2) is 46.1 Å². The van der Waals surface area contributed by atoms with E-state index in [0.717, 1.165) is 27.7 Å². The number of benzene rings is 4. The quantitative estimate of drug-likeness (QED) is 0.143. The Labute approximate surface area is 262 Å². The third-order valence-corrected chi connectivity index (χ3v) is 8.87. The third kappa shape index (κ3) is 6.67. The Morgan fingerprint density at radius 3 is 2.02 bits per heavy atom. The highest BCUT2D eigenvalue weighted by Gasteiger charge is 2.56. The number of rotatable bonds is 10. The van der Waals surface area contributed by atoms with E-state index < -0.39 is 60.8 Å². The van der Waals surface area contributed by atoms with Gasteiger partial charge < -0.3 is 0 Å². The Bertz CT molecular complexity index is 1890. The van der Waals surface area contributed by atoms with Crippen molar-refractivity contribution in [3.05, 3.63) is 145 Å². The lowest BCUT2D eigenvalue weighted by molar-refractivity contribution is -0.394. The minimum atomic E-state index is -4.23. The minimum Gasteiger partial charge on any atom is -0.271 e. The predicted molar refractivity (Wildman–Crippen MR) is 162 cm³/mol. The largest absolute Gasteiger partial charge is 0.277 e. The van der Waals surface area contributed by atoms with E-state index in [-0.39, 0.29) is 16.3 Å². The number of nitrogens with zero attached hydrogens (tertiary/aromatic N) is 4. The second kappa shape index (κ2) is 12.4. The smallest absolute Gasteiger partial charge is 0.271 e. The average Bonchev–Trinajstić information content (AvgIpc) is 3.75. The molecule has 1 N–H and O–H groups in total.